The molecule has 0 atom stereocenters. The predicted molar refractivity (Wildman–Crippen MR) is 63.2 cm³/mol. The van der Waals surface area contributed by atoms with E-state index in [0.717, 1.165) is 11.1 Å². The second-order valence-electron chi connectivity index (χ2n) is 3.42. The minimum atomic E-state index is -0.322. The summed E-state index contributed by atoms with van der Waals surface area (Å²) in [4.78, 5) is 0. The molecule has 16 heavy (non-hydrogen) atoms. The fourth-order valence-electron chi connectivity index (χ4n) is 1.64. The van der Waals surface area contributed by atoms with Crippen LogP contribution >= 0.6 is 0 Å². The molecule has 0 spiro atoms. The standard InChI is InChI=1S/C13H20O3/c1-3-15-13(16-4-2)12-8-6-5-7-11(12)9-10-14/h5-8,13-14H,3-4,9-10H2,1-2H3. The van der Waals surface area contributed by atoms with Crippen molar-refractivity contribution >= 4 is 0 Å². The van der Waals surface area contributed by atoms with Gasteiger partial charge in [-0.2, -0.15) is 0 Å². The van der Waals surface area contributed by atoms with Crippen LogP contribution in [0.2, 0.25) is 0 Å². The summed E-state index contributed by atoms with van der Waals surface area (Å²) in [6.07, 6.45) is 0.310. The van der Waals surface area contributed by atoms with Gasteiger partial charge in [0.2, 0.25) is 0 Å². The molecule has 0 aromatic heterocycles. The molecule has 0 saturated carbocycles. The SMILES string of the molecule is CCOC(OCC)c1ccccc1CCO. The largest absolute Gasteiger partial charge is 0.396 e. The summed E-state index contributed by atoms with van der Waals surface area (Å²) in [6.45, 7) is 5.25. The van der Waals surface area contributed by atoms with Crippen molar-refractivity contribution < 1.29 is 14.6 Å². The van der Waals surface area contributed by atoms with E-state index in [1.54, 1.807) is 0 Å². The Kier molecular flexibility index (Phi) is 6.08. The number of ether oxygens (including phenoxy) is 2. The monoisotopic (exact) mass is 224 g/mol. The van der Waals surface area contributed by atoms with Gasteiger partial charge in [-0.05, 0) is 25.8 Å². The van der Waals surface area contributed by atoms with Crippen molar-refractivity contribution in [3.05, 3.63) is 35.4 Å². The van der Waals surface area contributed by atoms with Gasteiger partial charge in [0.25, 0.3) is 0 Å². The van der Waals surface area contributed by atoms with Gasteiger partial charge in [0.05, 0.1) is 0 Å². The molecule has 1 rings (SSSR count). The molecule has 1 aromatic carbocycles. The highest BCUT2D eigenvalue weighted by Gasteiger charge is 2.14. The number of aliphatic hydroxyl groups excluding tert-OH is 1. The van der Waals surface area contributed by atoms with E-state index in [2.05, 4.69) is 0 Å². The highest BCUT2D eigenvalue weighted by molar-refractivity contribution is 5.28. The molecule has 0 aliphatic rings. The first kappa shape index (κ1) is 13.2. The van der Waals surface area contributed by atoms with E-state index in [9.17, 15) is 0 Å². The smallest absolute Gasteiger partial charge is 0.184 e. The fourth-order valence-corrected chi connectivity index (χ4v) is 1.64. The van der Waals surface area contributed by atoms with Crippen LogP contribution in [0.15, 0.2) is 24.3 Å². The topological polar surface area (TPSA) is 38.7 Å². The summed E-state index contributed by atoms with van der Waals surface area (Å²) < 4.78 is 11.1. The maximum absolute atomic E-state index is 9.00. The summed E-state index contributed by atoms with van der Waals surface area (Å²) in [6, 6.07) is 7.91. The molecule has 3 nitrogen and oxygen atoms in total. The Morgan fingerprint density at radius 3 is 2.31 bits per heavy atom. The highest BCUT2D eigenvalue weighted by Crippen LogP contribution is 2.23. The van der Waals surface area contributed by atoms with Crippen molar-refractivity contribution in [3.8, 4) is 0 Å². The first-order valence-electron chi connectivity index (χ1n) is 5.75. The van der Waals surface area contributed by atoms with E-state index in [-0.39, 0.29) is 12.9 Å². The molecule has 0 aliphatic heterocycles. The second-order valence-corrected chi connectivity index (χ2v) is 3.42. The van der Waals surface area contributed by atoms with E-state index < -0.39 is 0 Å². The van der Waals surface area contributed by atoms with E-state index in [1.807, 2.05) is 38.1 Å². The first-order chi connectivity index (χ1) is 7.83. The van der Waals surface area contributed by atoms with Crippen molar-refractivity contribution in [3.63, 3.8) is 0 Å². The Morgan fingerprint density at radius 1 is 1.12 bits per heavy atom. The first-order valence-corrected chi connectivity index (χ1v) is 5.75. The van der Waals surface area contributed by atoms with Crippen molar-refractivity contribution in [1.29, 1.82) is 0 Å². The van der Waals surface area contributed by atoms with Gasteiger partial charge < -0.3 is 14.6 Å². The van der Waals surface area contributed by atoms with Gasteiger partial charge in [0.1, 0.15) is 0 Å². The molecule has 90 valence electrons. The van der Waals surface area contributed by atoms with Crippen LogP contribution in [0.4, 0.5) is 0 Å². The zero-order valence-electron chi connectivity index (χ0n) is 9.98. The predicted octanol–water partition coefficient (Wildman–Crippen LogP) is 2.29. The van der Waals surface area contributed by atoms with Crippen LogP contribution in [0.3, 0.4) is 0 Å². The van der Waals surface area contributed by atoms with Gasteiger partial charge in [-0.1, -0.05) is 24.3 Å². The van der Waals surface area contributed by atoms with Gasteiger partial charge in [-0.25, -0.2) is 0 Å². The van der Waals surface area contributed by atoms with Crippen molar-refractivity contribution in [2.24, 2.45) is 0 Å². The number of benzene rings is 1. The quantitative estimate of drug-likeness (QED) is 0.722. The van der Waals surface area contributed by atoms with Crippen LogP contribution in [0, 0.1) is 0 Å². The van der Waals surface area contributed by atoms with E-state index in [0.29, 0.717) is 19.6 Å². The molecule has 0 radical (unpaired) electrons. The Labute approximate surface area is 97.0 Å². The van der Waals surface area contributed by atoms with Crippen LogP contribution < -0.4 is 0 Å². The Hall–Kier alpha value is -0.900. The molecular formula is C13H20O3. The summed E-state index contributed by atoms with van der Waals surface area (Å²) in [5.74, 6) is 0. The zero-order valence-corrected chi connectivity index (χ0v) is 9.98. The highest BCUT2D eigenvalue weighted by atomic mass is 16.7. The minimum absolute atomic E-state index is 0.141. The van der Waals surface area contributed by atoms with Gasteiger partial charge in [-0.15, -0.1) is 0 Å². The number of hydrogen-bond acceptors (Lipinski definition) is 3. The third kappa shape index (κ3) is 3.59. The molecule has 0 saturated heterocycles. The average molecular weight is 224 g/mol. The van der Waals surface area contributed by atoms with Crippen molar-refractivity contribution in [1.82, 2.24) is 0 Å². The Bertz CT molecular complexity index is 293. The molecule has 0 aliphatic carbocycles. The third-order valence-electron chi connectivity index (χ3n) is 2.33. The van der Waals surface area contributed by atoms with Crippen LogP contribution in [0.1, 0.15) is 31.3 Å². The van der Waals surface area contributed by atoms with Gasteiger partial charge in [0.15, 0.2) is 6.29 Å². The summed E-state index contributed by atoms with van der Waals surface area (Å²) in [5.41, 5.74) is 2.09. The summed E-state index contributed by atoms with van der Waals surface area (Å²) >= 11 is 0. The van der Waals surface area contributed by atoms with Crippen LogP contribution in [-0.4, -0.2) is 24.9 Å². The maximum Gasteiger partial charge on any atom is 0.184 e. The lowest BCUT2D eigenvalue weighted by Gasteiger charge is -2.20. The molecule has 0 unspecified atom stereocenters. The van der Waals surface area contributed by atoms with Crippen molar-refractivity contribution in [2.45, 2.75) is 26.6 Å². The molecule has 0 fully saturated rings. The normalized spacial score (nSPS) is 11.0. The van der Waals surface area contributed by atoms with Crippen LogP contribution in [-0.2, 0) is 15.9 Å². The lowest BCUT2D eigenvalue weighted by Crippen LogP contribution is -2.11. The summed E-state index contributed by atoms with van der Waals surface area (Å²) in [7, 11) is 0. The Morgan fingerprint density at radius 2 is 1.75 bits per heavy atom. The van der Waals surface area contributed by atoms with E-state index >= 15 is 0 Å². The molecular weight excluding hydrogens is 204 g/mol. The molecule has 3 heteroatoms. The molecule has 1 N–H and O–H groups in total. The fraction of sp³-hybridized carbons (Fsp3) is 0.538. The van der Waals surface area contributed by atoms with Crippen molar-refractivity contribution in [2.75, 3.05) is 19.8 Å². The second kappa shape index (κ2) is 7.39. The Balaban J connectivity index is 2.87. The van der Waals surface area contributed by atoms with Crippen LogP contribution in [0.5, 0.6) is 0 Å². The van der Waals surface area contributed by atoms with E-state index in [4.69, 9.17) is 14.6 Å². The molecule has 0 amide bonds. The number of hydrogen-bond donors (Lipinski definition) is 1. The van der Waals surface area contributed by atoms with E-state index in [1.165, 1.54) is 0 Å². The third-order valence-corrected chi connectivity index (χ3v) is 2.33. The summed E-state index contributed by atoms with van der Waals surface area (Å²) in [5, 5.41) is 9.00. The van der Waals surface area contributed by atoms with Crippen LogP contribution in [0.25, 0.3) is 0 Å². The molecule has 1 aromatic rings. The molecule has 0 heterocycles. The number of aliphatic hydroxyl groups is 1. The van der Waals surface area contributed by atoms with Gasteiger partial charge >= 0.3 is 0 Å². The lowest BCUT2D eigenvalue weighted by atomic mass is 10.0. The number of rotatable bonds is 7. The lowest BCUT2D eigenvalue weighted by molar-refractivity contribution is -0.140. The molecule has 0 bridgehead atoms. The minimum Gasteiger partial charge on any atom is -0.396 e. The maximum atomic E-state index is 9.00. The van der Waals surface area contributed by atoms with Gasteiger partial charge in [-0.3, -0.25) is 0 Å². The average Bonchev–Trinajstić information content (AvgIpc) is 2.30. The van der Waals surface area contributed by atoms with Gasteiger partial charge in [0, 0.05) is 25.4 Å². The zero-order chi connectivity index (χ0) is 11.8.